The summed E-state index contributed by atoms with van der Waals surface area (Å²) in [6.07, 6.45) is 5.13. The number of halogens is 3. The van der Waals surface area contributed by atoms with E-state index in [9.17, 15) is 4.39 Å². The normalized spacial score (nSPS) is 12.6. The molecule has 8 heteroatoms. The van der Waals surface area contributed by atoms with Gasteiger partial charge in [-0.3, -0.25) is 0 Å². The van der Waals surface area contributed by atoms with E-state index in [1.54, 1.807) is 24.4 Å². The first kappa shape index (κ1) is 16.5. The van der Waals surface area contributed by atoms with Gasteiger partial charge in [0, 0.05) is 9.77 Å². The molecule has 1 aromatic carbocycles. The fraction of sp³-hybridized carbons (Fsp3) is 0.118. The summed E-state index contributed by atoms with van der Waals surface area (Å²) in [6, 6.07) is 6.48. The van der Waals surface area contributed by atoms with E-state index >= 15 is 0 Å². The van der Waals surface area contributed by atoms with E-state index < -0.39 is 0 Å². The minimum atomic E-state index is -0.309. The molecule has 5 nitrogen and oxygen atoms in total. The lowest BCUT2D eigenvalue weighted by Crippen LogP contribution is -2.06. The lowest BCUT2D eigenvalue weighted by molar-refractivity contribution is 0.628. The Kier molecular flexibility index (Phi) is 4.20. The quantitative estimate of drug-likeness (QED) is 0.347. The van der Waals surface area contributed by atoms with Gasteiger partial charge in [-0.05, 0) is 41.6 Å². The van der Waals surface area contributed by atoms with Gasteiger partial charge in [0.05, 0.1) is 28.9 Å². The van der Waals surface area contributed by atoms with E-state index in [2.05, 4.69) is 42.5 Å². The van der Waals surface area contributed by atoms with Crippen molar-refractivity contribution in [3.8, 4) is 11.4 Å². The molecule has 0 aliphatic heterocycles. The van der Waals surface area contributed by atoms with Gasteiger partial charge < -0.3 is 9.55 Å². The minimum absolute atomic E-state index is 0.0787. The van der Waals surface area contributed by atoms with Crippen molar-refractivity contribution in [1.82, 2.24) is 24.5 Å². The summed E-state index contributed by atoms with van der Waals surface area (Å²) >= 11 is 8.41. The van der Waals surface area contributed by atoms with Crippen LogP contribution in [-0.2, 0) is 0 Å². The highest BCUT2D eigenvalue weighted by Crippen LogP contribution is 2.31. The minimum Gasteiger partial charge on any atom is -0.340 e. The Balaban J connectivity index is 1.77. The largest absolute Gasteiger partial charge is 0.340 e. The highest BCUT2D eigenvalue weighted by Gasteiger charge is 2.19. The van der Waals surface area contributed by atoms with Crippen LogP contribution >= 0.6 is 34.2 Å². The van der Waals surface area contributed by atoms with Crippen LogP contribution in [0.15, 0.2) is 43.0 Å². The Hall–Kier alpha value is -2.00. The molecule has 0 aliphatic carbocycles. The monoisotopic (exact) mass is 467 g/mol. The van der Waals surface area contributed by atoms with E-state index in [-0.39, 0.29) is 11.9 Å². The van der Waals surface area contributed by atoms with Crippen LogP contribution in [0.5, 0.6) is 0 Å². The summed E-state index contributed by atoms with van der Waals surface area (Å²) in [5.74, 6) is 0.190. The zero-order valence-corrected chi connectivity index (χ0v) is 16.0. The van der Waals surface area contributed by atoms with Crippen LogP contribution in [0.25, 0.3) is 22.4 Å². The SMILES string of the molecule is CC(c1cnc(-c2ccccc2F)[nH]1)n1cc(I)c2c(Cl)ncnc21. The standard InChI is InChI=1S/C17H12ClFIN5/c1-9(25-7-12(20)14-15(18)22-8-23-17(14)25)13-6-21-16(24-13)10-4-2-3-5-11(10)19/h2-9H,1H3,(H,21,24). The van der Waals surface area contributed by atoms with Crippen molar-refractivity contribution >= 4 is 45.2 Å². The Labute approximate surface area is 161 Å². The van der Waals surface area contributed by atoms with Crippen molar-refractivity contribution in [2.24, 2.45) is 0 Å². The third-order valence-electron chi connectivity index (χ3n) is 4.11. The number of benzene rings is 1. The molecular formula is C17H12ClFIN5. The maximum atomic E-state index is 14.0. The number of hydrogen-bond donors (Lipinski definition) is 1. The molecule has 25 heavy (non-hydrogen) atoms. The van der Waals surface area contributed by atoms with Gasteiger partial charge in [-0.1, -0.05) is 23.7 Å². The van der Waals surface area contributed by atoms with E-state index in [4.69, 9.17) is 11.6 Å². The lowest BCUT2D eigenvalue weighted by atomic mass is 10.2. The Morgan fingerprint density at radius 2 is 2.04 bits per heavy atom. The zero-order valence-electron chi connectivity index (χ0n) is 13.0. The first-order chi connectivity index (χ1) is 12.1. The van der Waals surface area contributed by atoms with Gasteiger partial charge in [-0.2, -0.15) is 0 Å². The first-order valence-electron chi connectivity index (χ1n) is 7.52. The summed E-state index contributed by atoms with van der Waals surface area (Å²) < 4.78 is 16.9. The van der Waals surface area contributed by atoms with Crippen molar-refractivity contribution in [3.05, 3.63) is 63.2 Å². The van der Waals surface area contributed by atoms with Crippen molar-refractivity contribution in [2.75, 3.05) is 0 Å². The molecule has 4 rings (SSSR count). The second kappa shape index (κ2) is 6.38. The van der Waals surface area contributed by atoms with Gasteiger partial charge in [-0.25, -0.2) is 19.3 Å². The highest BCUT2D eigenvalue weighted by atomic mass is 127. The number of imidazole rings is 1. The van der Waals surface area contributed by atoms with E-state index in [1.165, 1.54) is 12.4 Å². The third-order valence-corrected chi connectivity index (χ3v) is 5.21. The first-order valence-corrected chi connectivity index (χ1v) is 8.98. The fourth-order valence-electron chi connectivity index (χ4n) is 2.79. The maximum Gasteiger partial charge on any atom is 0.146 e. The van der Waals surface area contributed by atoms with E-state index in [0.717, 1.165) is 20.3 Å². The number of aromatic nitrogens is 5. The van der Waals surface area contributed by atoms with E-state index in [0.29, 0.717) is 16.5 Å². The second-order valence-electron chi connectivity index (χ2n) is 5.59. The van der Waals surface area contributed by atoms with Gasteiger partial charge in [0.2, 0.25) is 0 Å². The number of H-pyrrole nitrogens is 1. The van der Waals surface area contributed by atoms with Crippen molar-refractivity contribution in [3.63, 3.8) is 0 Å². The summed E-state index contributed by atoms with van der Waals surface area (Å²) in [6.45, 7) is 2.02. The van der Waals surface area contributed by atoms with Gasteiger partial charge in [0.15, 0.2) is 0 Å². The average Bonchev–Trinajstić information content (AvgIpc) is 3.21. The van der Waals surface area contributed by atoms with Crippen molar-refractivity contribution < 1.29 is 4.39 Å². The highest BCUT2D eigenvalue weighted by molar-refractivity contribution is 14.1. The molecule has 0 aliphatic rings. The molecule has 3 heterocycles. The maximum absolute atomic E-state index is 14.0. The molecule has 1 unspecified atom stereocenters. The molecule has 3 aromatic heterocycles. The van der Waals surface area contributed by atoms with Crippen molar-refractivity contribution in [1.29, 1.82) is 0 Å². The van der Waals surface area contributed by atoms with Gasteiger partial charge >= 0.3 is 0 Å². The van der Waals surface area contributed by atoms with Gasteiger partial charge in [0.1, 0.15) is 28.8 Å². The Bertz CT molecular complexity index is 1070. The summed E-state index contributed by atoms with van der Waals surface area (Å²) in [5.41, 5.74) is 2.04. The molecule has 126 valence electrons. The molecule has 1 atom stereocenters. The van der Waals surface area contributed by atoms with E-state index in [1.807, 2.05) is 17.7 Å². The van der Waals surface area contributed by atoms with Crippen LogP contribution < -0.4 is 0 Å². The molecule has 0 spiro atoms. The lowest BCUT2D eigenvalue weighted by Gasteiger charge is -2.12. The number of aromatic amines is 1. The molecule has 0 saturated heterocycles. The predicted molar refractivity (Wildman–Crippen MR) is 103 cm³/mol. The average molecular weight is 468 g/mol. The van der Waals surface area contributed by atoms with Gasteiger partial charge in [0.25, 0.3) is 0 Å². The van der Waals surface area contributed by atoms with Crippen LogP contribution in [0.2, 0.25) is 5.15 Å². The molecule has 0 amide bonds. The molecular weight excluding hydrogens is 456 g/mol. The molecule has 0 saturated carbocycles. The van der Waals surface area contributed by atoms with Crippen LogP contribution in [0, 0.1) is 9.39 Å². The van der Waals surface area contributed by atoms with Crippen LogP contribution in [0.4, 0.5) is 4.39 Å². The number of nitrogens with zero attached hydrogens (tertiary/aromatic N) is 4. The number of fused-ring (bicyclic) bond motifs is 1. The second-order valence-corrected chi connectivity index (χ2v) is 7.11. The molecule has 4 aromatic rings. The molecule has 0 fully saturated rings. The smallest absolute Gasteiger partial charge is 0.146 e. The molecule has 1 N–H and O–H groups in total. The summed E-state index contributed by atoms with van der Waals surface area (Å²) in [7, 11) is 0. The van der Waals surface area contributed by atoms with Crippen LogP contribution in [0.1, 0.15) is 18.7 Å². The zero-order chi connectivity index (χ0) is 17.6. The third kappa shape index (κ3) is 2.81. The Morgan fingerprint density at radius 1 is 1.24 bits per heavy atom. The Morgan fingerprint density at radius 3 is 2.84 bits per heavy atom. The summed E-state index contributed by atoms with van der Waals surface area (Å²) in [4.78, 5) is 15.9. The molecule has 0 radical (unpaired) electrons. The summed E-state index contributed by atoms with van der Waals surface area (Å²) in [5, 5.41) is 1.25. The fourth-order valence-corrected chi connectivity index (χ4v) is 3.97. The topological polar surface area (TPSA) is 59.4 Å². The molecule has 0 bridgehead atoms. The van der Waals surface area contributed by atoms with Gasteiger partial charge in [-0.15, -0.1) is 0 Å². The van der Waals surface area contributed by atoms with Crippen molar-refractivity contribution in [2.45, 2.75) is 13.0 Å². The number of nitrogens with one attached hydrogen (secondary N) is 1. The number of hydrogen-bond acceptors (Lipinski definition) is 3. The predicted octanol–water partition coefficient (Wildman–Crippen LogP) is 4.83. The van der Waals surface area contributed by atoms with Crippen LogP contribution in [-0.4, -0.2) is 24.5 Å². The number of rotatable bonds is 3. The van der Waals surface area contributed by atoms with Crippen LogP contribution in [0.3, 0.4) is 0 Å².